The molecule has 0 bridgehead atoms. The van der Waals surface area contributed by atoms with Crippen LogP contribution in [0.1, 0.15) is 31.9 Å². The topological polar surface area (TPSA) is 72.0 Å². The molecule has 0 fully saturated rings. The number of nitrogens with one attached hydrogen (secondary N) is 2. The molecule has 0 amide bonds. The molecule has 2 aromatic carbocycles. The molecule has 27 heavy (non-hydrogen) atoms. The lowest BCUT2D eigenvalue weighted by Crippen LogP contribution is -2.05. The van der Waals surface area contributed by atoms with Gasteiger partial charge in [-0.2, -0.15) is 10.1 Å². The summed E-state index contributed by atoms with van der Waals surface area (Å²) in [5.41, 5.74) is 4.50. The van der Waals surface area contributed by atoms with Gasteiger partial charge in [0.25, 0.3) is 0 Å². The smallest absolute Gasteiger partial charge is 0.249 e. The third-order valence-corrected chi connectivity index (χ3v) is 4.23. The second-order valence-corrected chi connectivity index (χ2v) is 6.03. The molecule has 0 spiro atoms. The fourth-order valence-electron chi connectivity index (χ4n) is 2.88. The van der Waals surface area contributed by atoms with E-state index in [1.807, 2.05) is 31.2 Å². The van der Waals surface area contributed by atoms with Gasteiger partial charge < -0.3 is 15.4 Å². The molecular weight excluding hydrogens is 338 g/mol. The number of para-hydroxylation sites is 1. The Bertz CT molecular complexity index is 858. The number of benzene rings is 2. The molecule has 0 aliphatic carbocycles. The predicted molar refractivity (Wildman–Crippen MR) is 109 cm³/mol. The van der Waals surface area contributed by atoms with Crippen molar-refractivity contribution < 1.29 is 4.74 Å². The molecule has 1 aromatic heterocycles. The second kappa shape index (κ2) is 8.98. The SMILES string of the molecule is CCOc1ccc(Nc2nncc(Nc3c(CC)cccc3CC)n2)cc1. The van der Waals surface area contributed by atoms with Gasteiger partial charge in [0, 0.05) is 11.4 Å². The van der Waals surface area contributed by atoms with Crippen LogP contribution in [0.2, 0.25) is 0 Å². The van der Waals surface area contributed by atoms with Crippen LogP contribution in [-0.4, -0.2) is 21.8 Å². The molecule has 3 aromatic rings. The highest BCUT2D eigenvalue weighted by Crippen LogP contribution is 2.26. The molecule has 6 nitrogen and oxygen atoms in total. The number of hydrogen-bond acceptors (Lipinski definition) is 6. The van der Waals surface area contributed by atoms with Crippen molar-refractivity contribution >= 4 is 23.1 Å². The van der Waals surface area contributed by atoms with Crippen LogP contribution in [-0.2, 0) is 12.8 Å². The summed E-state index contributed by atoms with van der Waals surface area (Å²) in [5, 5.41) is 14.7. The quantitative estimate of drug-likeness (QED) is 0.594. The molecule has 0 saturated heterocycles. The number of anilines is 4. The number of aromatic nitrogens is 3. The van der Waals surface area contributed by atoms with E-state index in [0.29, 0.717) is 18.4 Å². The molecule has 1 heterocycles. The molecule has 0 aliphatic rings. The molecular formula is C21H25N5O. The van der Waals surface area contributed by atoms with Gasteiger partial charge in [-0.25, -0.2) is 0 Å². The first kappa shape index (κ1) is 18.6. The molecule has 140 valence electrons. The summed E-state index contributed by atoms with van der Waals surface area (Å²) in [6.45, 7) is 6.91. The van der Waals surface area contributed by atoms with Gasteiger partial charge in [-0.1, -0.05) is 32.0 Å². The van der Waals surface area contributed by atoms with E-state index in [2.05, 4.69) is 57.9 Å². The molecule has 0 radical (unpaired) electrons. The van der Waals surface area contributed by atoms with Crippen LogP contribution in [0.25, 0.3) is 0 Å². The van der Waals surface area contributed by atoms with E-state index < -0.39 is 0 Å². The first-order valence-electron chi connectivity index (χ1n) is 9.30. The predicted octanol–water partition coefficient (Wildman–Crippen LogP) is 4.88. The molecule has 2 N–H and O–H groups in total. The lowest BCUT2D eigenvalue weighted by molar-refractivity contribution is 0.340. The van der Waals surface area contributed by atoms with Crippen LogP contribution in [0.3, 0.4) is 0 Å². The Kier molecular flexibility index (Phi) is 6.20. The van der Waals surface area contributed by atoms with Crippen LogP contribution < -0.4 is 15.4 Å². The van der Waals surface area contributed by atoms with E-state index in [9.17, 15) is 0 Å². The van der Waals surface area contributed by atoms with Crippen molar-refractivity contribution in [2.75, 3.05) is 17.2 Å². The minimum Gasteiger partial charge on any atom is -0.494 e. The van der Waals surface area contributed by atoms with Gasteiger partial charge in [-0.05, 0) is 55.2 Å². The van der Waals surface area contributed by atoms with Gasteiger partial charge in [0.2, 0.25) is 5.95 Å². The van der Waals surface area contributed by atoms with Crippen molar-refractivity contribution in [3.63, 3.8) is 0 Å². The van der Waals surface area contributed by atoms with Crippen LogP contribution >= 0.6 is 0 Å². The van der Waals surface area contributed by atoms with Crippen LogP contribution in [0.5, 0.6) is 5.75 Å². The summed E-state index contributed by atoms with van der Waals surface area (Å²) in [6, 6.07) is 14.0. The third-order valence-electron chi connectivity index (χ3n) is 4.23. The summed E-state index contributed by atoms with van der Waals surface area (Å²) in [5.74, 6) is 1.94. The van der Waals surface area contributed by atoms with Gasteiger partial charge in [-0.3, -0.25) is 0 Å². The van der Waals surface area contributed by atoms with E-state index >= 15 is 0 Å². The molecule has 6 heteroatoms. The number of aryl methyl sites for hydroxylation is 2. The molecule has 3 rings (SSSR count). The lowest BCUT2D eigenvalue weighted by atomic mass is 10.0. The Labute approximate surface area is 160 Å². The van der Waals surface area contributed by atoms with Gasteiger partial charge in [0.1, 0.15) is 5.75 Å². The number of rotatable bonds is 8. The number of nitrogens with zero attached hydrogens (tertiary/aromatic N) is 3. The minimum absolute atomic E-state index is 0.441. The number of ether oxygens (including phenoxy) is 1. The third kappa shape index (κ3) is 4.73. The minimum atomic E-state index is 0.441. The van der Waals surface area contributed by atoms with E-state index in [1.165, 1.54) is 11.1 Å². The summed E-state index contributed by atoms with van der Waals surface area (Å²) in [6.07, 6.45) is 3.53. The Balaban J connectivity index is 1.78. The van der Waals surface area contributed by atoms with Crippen LogP contribution in [0.4, 0.5) is 23.1 Å². The largest absolute Gasteiger partial charge is 0.494 e. The zero-order chi connectivity index (χ0) is 19.1. The standard InChI is InChI=1S/C21H25N5O/c1-4-15-8-7-9-16(5-2)20(15)24-19-14-22-26-21(25-19)23-17-10-12-18(13-11-17)27-6-3/h7-14H,4-6H2,1-3H3,(H2,23,24,25,26). The molecule has 0 saturated carbocycles. The van der Waals surface area contributed by atoms with Crippen molar-refractivity contribution in [3.05, 3.63) is 59.8 Å². The first-order valence-corrected chi connectivity index (χ1v) is 9.30. The van der Waals surface area contributed by atoms with E-state index in [0.717, 1.165) is 30.0 Å². The summed E-state index contributed by atoms with van der Waals surface area (Å²) < 4.78 is 5.46. The monoisotopic (exact) mass is 363 g/mol. The van der Waals surface area contributed by atoms with Crippen molar-refractivity contribution in [2.45, 2.75) is 33.6 Å². The van der Waals surface area contributed by atoms with E-state index in [-0.39, 0.29) is 0 Å². The maximum absolute atomic E-state index is 5.46. The Morgan fingerprint density at radius 2 is 1.59 bits per heavy atom. The van der Waals surface area contributed by atoms with Crippen molar-refractivity contribution in [1.29, 1.82) is 0 Å². The fourth-order valence-corrected chi connectivity index (χ4v) is 2.88. The summed E-state index contributed by atoms with van der Waals surface area (Å²) in [7, 11) is 0. The molecule has 0 aliphatic heterocycles. The van der Waals surface area contributed by atoms with Crippen molar-refractivity contribution in [2.24, 2.45) is 0 Å². The molecule has 0 unspecified atom stereocenters. The van der Waals surface area contributed by atoms with Crippen LogP contribution in [0.15, 0.2) is 48.7 Å². The Morgan fingerprint density at radius 1 is 0.889 bits per heavy atom. The Hall–Kier alpha value is -3.15. The van der Waals surface area contributed by atoms with Crippen molar-refractivity contribution in [1.82, 2.24) is 15.2 Å². The zero-order valence-corrected chi connectivity index (χ0v) is 16.0. The summed E-state index contributed by atoms with van der Waals surface area (Å²) >= 11 is 0. The summed E-state index contributed by atoms with van der Waals surface area (Å²) in [4.78, 5) is 4.55. The molecule has 0 atom stereocenters. The van der Waals surface area contributed by atoms with Crippen LogP contribution in [0, 0.1) is 0 Å². The van der Waals surface area contributed by atoms with E-state index in [4.69, 9.17) is 4.74 Å². The van der Waals surface area contributed by atoms with E-state index in [1.54, 1.807) is 6.20 Å². The van der Waals surface area contributed by atoms with Crippen molar-refractivity contribution in [3.8, 4) is 5.75 Å². The van der Waals surface area contributed by atoms with Gasteiger partial charge in [-0.15, -0.1) is 5.10 Å². The maximum atomic E-state index is 5.46. The first-order chi connectivity index (χ1) is 13.2. The Morgan fingerprint density at radius 3 is 2.22 bits per heavy atom. The van der Waals surface area contributed by atoms with Gasteiger partial charge >= 0.3 is 0 Å². The number of hydrogen-bond donors (Lipinski definition) is 2. The second-order valence-electron chi connectivity index (χ2n) is 6.03. The highest BCUT2D eigenvalue weighted by atomic mass is 16.5. The lowest BCUT2D eigenvalue weighted by Gasteiger charge is -2.15. The normalized spacial score (nSPS) is 10.5. The average molecular weight is 363 g/mol. The fraction of sp³-hybridized carbons (Fsp3) is 0.286. The highest BCUT2D eigenvalue weighted by Gasteiger charge is 2.09. The highest BCUT2D eigenvalue weighted by molar-refractivity contribution is 5.65. The average Bonchev–Trinajstić information content (AvgIpc) is 2.70. The van der Waals surface area contributed by atoms with Gasteiger partial charge in [0.05, 0.1) is 12.8 Å². The van der Waals surface area contributed by atoms with Gasteiger partial charge in [0.15, 0.2) is 5.82 Å². The maximum Gasteiger partial charge on any atom is 0.249 e. The zero-order valence-electron chi connectivity index (χ0n) is 16.0.